The van der Waals surface area contributed by atoms with E-state index < -0.39 is 0 Å². The number of rotatable bonds is 6. The quantitative estimate of drug-likeness (QED) is 0.697. The zero-order valence-corrected chi connectivity index (χ0v) is 11.1. The summed E-state index contributed by atoms with van der Waals surface area (Å²) in [6.45, 7) is 10.7. The van der Waals surface area contributed by atoms with Crippen LogP contribution in [0.15, 0.2) is 11.6 Å². The number of hydrogen-bond donors (Lipinski definition) is 1. The number of hydrogen-bond acceptors (Lipinski definition) is 3. The minimum Gasteiger partial charge on any atom is -0.383 e. The summed E-state index contributed by atoms with van der Waals surface area (Å²) in [6.07, 6.45) is 3.52. The van der Waals surface area contributed by atoms with Gasteiger partial charge in [-0.05, 0) is 13.3 Å². The standard InChI is InChI=1S/C13H26N2O/c1-11(2)14-8-13(10-16-4)15-7-5-6-12(3)9-15/h6,11,13-14H,5,7-10H2,1-4H3. The van der Waals surface area contributed by atoms with Gasteiger partial charge in [-0.15, -0.1) is 0 Å². The molecular weight excluding hydrogens is 200 g/mol. The highest BCUT2D eigenvalue weighted by Gasteiger charge is 2.20. The van der Waals surface area contributed by atoms with Crippen LogP contribution in [0.4, 0.5) is 0 Å². The molecule has 0 aromatic rings. The van der Waals surface area contributed by atoms with E-state index in [0.717, 1.165) is 26.2 Å². The number of nitrogens with one attached hydrogen (secondary N) is 1. The molecule has 0 spiro atoms. The number of nitrogens with zero attached hydrogens (tertiary/aromatic N) is 1. The molecule has 0 fully saturated rings. The maximum Gasteiger partial charge on any atom is 0.0630 e. The Morgan fingerprint density at radius 3 is 2.81 bits per heavy atom. The van der Waals surface area contributed by atoms with Crippen LogP contribution in [0.2, 0.25) is 0 Å². The average Bonchev–Trinajstić information content (AvgIpc) is 2.24. The third kappa shape index (κ3) is 4.64. The van der Waals surface area contributed by atoms with Crippen molar-refractivity contribution in [3.05, 3.63) is 11.6 Å². The summed E-state index contributed by atoms with van der Waals surface area (Å²) in [5.41, 5.74) is 1.48. The highest BCUT2D eigenvalue weighted by Crippen LogP contribution is 2.12. The lowest BCUT2D eigenvalue weighted by atomic mass is 10.1. The molecule has 0 saturated heterocycles. The summed E-state index contributed by atoms with van der Waals surface area (Å²) in [4.78, 5) is 2.52. The van der Waals surface area contributed by atoms with Gasteiger partial charge in [0.05, 0.1) is 6.61 Å². The van der Waals surface area contributed by atoms with E-state index in [-0.39, 0.29) is 0 Å². The third-order valence-corrected chi connectivity index (χ3v) is 3.00. The van der Waals surface area contributed by atoms with Crippen LogP contribution in [0.5, 0.6) is 0 Å². The van der Waals surface area contributed by atoms with E-state index in [9.17, 15) is 0 Å². The summed E-state index contributed by atoms with van der Waals surface area (Å²) in [6, 6.07) is 1.04. The van der Waals surface area contributed by atoms with Crippen LogP contribution in [0.3, 0.4) is 0 Å². The predicted octanol–water partition coefficient (Wildman–Crippen LogP) is 1.65. The highest BCUT2D eigenvalue weighted by atomic mass is 16.5. The van der Waals surface area contributed by atoms with E-state index in [2.05, 4.69) is 37.1 Å². The van der Waals surface area contributed by atoms with Gasteiger partial charge < -0.3 is 10.1 Å². The molecule has 94 valence electrons. The molecule has 0 aromatic carbocycles. The fourth-order valence-corrected chi connectivity index (χ4v) is 2.11. The molecule has 0 aromatic heterocycles. The van der Waals surface area contributed by atoms with E-state index in [4.69, 9.17) is 4.74 Å². The number of methoxy groups -OCH3 is 1. The van der Waals surface area contributed by atoms with Crippen molar-refractivity contribution >= 4 is 0 Å². The van der Waals surface area contributed by atoms with E-state index in [1.807, 2.05) is 0 Å². The fourth-order valence-electron chi connectivity index (χ4n) is 2.11. The lowest BCUT2D eigenvalue weighted by molar-refractivity contribution is 0.0920. The molecule has 1 aliphatic heterocycles. The Morgan fingerprint density at radius 2 is 2.25 bits per heavy atom. The van der Waals surface area contributed by atoms with Gasteiger partial charge >= 0.3 is 0 Å². The second-order valence-corrected chi connectivity index (χ2v) is 4.98. The zero-order valence-electron chi connectivity index (χ0n) is 11.1. The lowest BCUT2D eigenvalue weighted by Crippen LogP contribution is -2.48. The number of ether oxygens (including phenoxy) is 1. The monoisotopic (exact) mass is 226 g/mol. The molecule has 1 heterocycles. The molecule has 0 saturated carbocycles. The van der Waals surface area contributed by atoms with E-state index in [0.29, 0.717) is 12.1 Å². The van der Waals surface area contributed by atoms with E-state index in [1.54, 1.807) is 7.11 Å². The molecule has 16 heavy (non-hydrogen) atoms. The van der Waals surface area contributed by atoms with Crippen molar-refractivity contribution in [1.82, 2.24) is 10.2 Å². The van der Waals surface area contributed by atoms with Gasteiger partial charge in [-0.2, -0.15) is 0 Å². The van der Waals surface area contributed by atoms with Gasteiger partial charge in [-0.1, -0.05) is 25.5 Å². The molecule has 3 heteroatoms. The maximum absolute atomic E-state index is 5.32. The first kappa shape index (κ1) is 13.7. The van der Waals surface area contributed by atoms with Crippen LogP contribution in [0.1, 0.15) is 27.2 Å². The first-order chi connectivity index (χ1) is 7.63. The van der Waals surface area contributed by atoms with Gasteiger partial charge in [-0.3, -0.25) is 4.90 Å². The smallest absolute Gasteiger partial charge is 0.0630 e. The molecule has 1 N–H and O–H groups in total. The van der Waals surface area contributed by atoms with Gasteiger partial charge in [0.25, 0.3) is 0 Å². The summed E-state index contributed by atoms with van der Waals surface area (Å²) >= 11 is 0. The van der Waals surface area contributed by atoms with Crippen LogP contribution in [-0.4, -0.2) is 50.3 Å². The normalized spacial score (nSPS) is 19.9. The second kappa shape index (κ2) is 7.05. The van der Waals surface area contributed by atoms with Crippen molar-refractivity contribution in [1.29, 1.82) is 0 Å². The lowest BCUT2D eigenvalue weighted by Gasteiger charge is -2.34. The van der Waals surface area contributed by atoms with Crippen molar-refractivity contribution < 1.29 is 4.74 Å². The summed E-state index contributed by atoms with van der Waals surface area (Å²) < 4.78 is 5.32. The Balaban J connectivity index is 2.45. The molecule has 0 bridgehead atoms. The van der Waals surface area contributed by atoms with Gasteiger partial charge in [0, 0.05) is 38.8 Å². The van der Waals surface area contributed by atoms with E-state index in [1.165, 1.54) is 12.0 Å². The topological polar surface area (TPSA) is 24.5 Å². The van der Waals surface area contributed by atoms with Gasteiger partial charge in [0.1, 0.15) is 0 Å². The van der Waals surface area contributed by atoms with E-state index >= 15 is 0 Å². The van der Waals surface area contributed by atoms with Crippen molar-refractivity contribution in [2.45, 2.75) is 39.3 Å². The summed E-state index contributed by atoms with van der Waals surface area (Å²) in [7, 11) is 1.79. The Kier molecular flexibility index (Phi) is 6.03. The van der Waals surface area contributed by atoms with Crippen molar-refractivity contribution in [2.75, 3.05) is 33.4 Å². The second-order valence-electron chi connectivity index (χ2n) is 4.98. The molecule has 0 aliphatic carbocycles. The molecule has 1 atom stereocenters. The Morgan fingerprint density at radius 1 is 1.50 bits per heavy atom. The largest absolute Gasteiger partial charge is 0.383 e. The molecular formula is C13H26N2O. The van der Waals surface area contributed by atoms with Crippen LogP contribution in [-0.2, 0) is 4.74 Å². The molecule has 1 unspecified atom stereocenters. The SMILES string of the molecule is COCC(CNC(C)C)N1CCC=C(C)C1. The minimum atomic E-state index is 0.496. The van der Waals surface area contributed by atoms with Crippen LogP contribution < -0.4 is 5.32 Å². The molecule has 1 aliphatic rings. The van der Waals surface area contributed by atoms with Crippen LogP contribution >= 0.6 is 0 Å². The summed E-state index contributed by atoms with van der Waals surface area (Å²) in [5.74, 6) is 0. The Bertz CT molecular complexity index is 226. The average molecular weight is 226 g/mol. The Hall–Kier alpha value is -0.380. The van der Waals surface area contributed by atoms with Gasteiger partial charge in [0.15, 0.2) is 0 Å². The van der Waals surface area contributed by atoms with Crippen LogP contribution in [0, 0.1) is 0 Å². The Labute approximate surface area is 99.8 Å². The fraction of sp³-hybridized carbons (Fsp3) is 0.846. The van der Waals surface area contributed by atoms with Crippen LogP contribution in [0.25, 0.3) is 0 Å². The molecule has 0 amide bonds. The third-order valence-electron chi connectivity index (χ3n) is 3.00. The molecule has 1 rings (SSSR count). The van der Waals surface area contributed by atoms with Crippen molar-refractivity contribution in [2.24, 2.45) is 0 Å². The first-order valence-electron chi connectivity index (χ1n) is 6.25. The first-order valence-corrected chi connectivity index (χ1v) is 6.25. The predicted molar refractivity (Wildman–Crippen MR) is 68.7 cm³/mol. The molecule has 0 radical (unpaired) electrons. The molecule has 3 nitrogen and oxygen atoms in total. The van der Waals surface area contributed by atoms with Gasteiger partial charge in [-0.25, -0.2) is 0 Å². The summed E-state index contributed by atoms with van der Waals surface area (Å²) in [5, 5.41) is 3.50. The van der Waals surface area contributed by atoms with Crippen molar-refractivity contribution in [3.63, 3.8) is 0 Å². The maximum atomic E-state index is 5.32. The minimum absolute atomic E-state index is 0.496. The van der Waals surface area contributed by atoms with Crippen molar-refractivity contribution in [3.8, 4) is 0 Å². The van der Waals surface area contributed by atoms with Gasteiger partial charge in [0.2, 0.25) is 0 Å². The zero-order chi connectivity index (χ0) is 12.0. The highest BCUT2D eigenvalue weighted by molar-refractivity contribution is 5.05.